The summed E-state index contributed by atoms with van der Waals surface area (Å²) in [4.78, 5) is 9.50. The summed E-state index contributed by atoms with van der Waals surface area (Å²) in [6.45, 7) is 0. The molecule has 72 valence electrons. The minimum absolute atomic E-state index is 0.364. The van der Waals surface area contributed by atoms with Crippen molar-refractivity contribution in [2.24, 2.45) is 12.8 Å². The molecule has 0 amide bonds. The van der Waals surface area contributed by atoms with Crippen molar-refractivity contribution in [2.75, 3.05) is 0 Å². The van der Waals surface area contributed by atoms with Crippen LogP contribution in [0, 0.1) is 0 Å². The van der Waals surface area contributed by atoms with Crippen LogP contribution in [0.5, 0.6) is 0 Å². The summed E-state index contributed by atoms with van der Waals surface area (Å²) in [5, 5.41) is 8.04. The highest BCUT2D eigenvalue weighted by molar-refractivity contribution is 5.15. The van der Waals surface area contributed by atoms with Gasteiger partial charge in [-0.15, -0.1) is 0 Å². The van der Waals surface area contributed by atoms with E-state index in [0.717, 1.165) is 0 Å². The summed E-state index contributed by atoms with van der Waals surface area (Å²) < 4.78 is 0. The Hall–Kier alpha value is -1.82. The summed E-state index contributed by atoms with van der Waals surface area (Å²) in [6.07, 6.45) is 6.46. The molecular weight excluding hydrogens is 180 g/mol. The minimum Gasteiger partial charge on any atom is -0.318 e. The van der Waals surface area contributed by atoms with Crippen molar-refractivity contribution < 1.29 is 0 Å². The number of hydrogen-bond acceptors (Lipinski definition) is 5. The van der Waals surface area contributed by atoms with Gasteiger partial charge in [0.2, 0.25) is 0 Å². The highest BCUT2D eigenvalue weighted by Crippen LogP contribution is 2.12. The monoisotopic (exact) mass is 190 g/mol. The molecule has 6 nitrogen and oxygen atoms in total. The molecule has 6 heteroatoms. The largest absolute Gasteiger partial charge is 0.318 e. The maximum atomic E-state index is 5.91. The van der Waals surface area contributed by atoms with Gasteiger partial charge >= 0.3 is 0 Å². The Morgan fingerprint density at radius 3 is 2.71 bits per heavy atom. The number of nitrogens with zero attached hydrogens (tertiary/aromatic N) is 5. The molecule has 2 aromatic rings. The van der Waals surface area contributed by atoms with Crippen LogP contribution in [-0.4, -0.2) is 25.0 Å². The van der Waals surface area contributed by atoms with Gasteiger partial charge < -0.3 is 5.73 Å². The lowest BCUT2D eigenvalue weighted by molar-refractivity contribution is 0.635. The SMILES string of the molecule is Cn1ncc(C(N)c2cnccn2)n1. The smallest absolute Gasteiger partial charge is 0.106 e. The Morgan fingerprint density at radius 1 is 1.29 bits per heavy atom. The van der Waals surface area contributed by atoms with Gasteiger partial charge in [-0.25, -0.2) is 0 Å². The molecule has 14 heavy (non-hydrogen) atoms. The summed E-state index contributed by atoms with van der Waals surface area (Å²) in [5.74, 6) is 0. The van der Waals surface area contributed by atoms with Gasteiger partial charge in [-0.3, -0.25) is 9.97 Å². The topological polar surface area (TPSA) is 82.5 Å². The van der Waals surface area contributed by atoms with Crippen molar-refractivity contribution >= 4 is 0 Å². The second-order valence-electron chi connectivity index (χ2n) is 2.87. The highest BCUT2D eigenvalue weighted by Gasteiger charge is 2.13. The van der Waals surface area contributed by atoms with Crippen molar-refractivity contribution in [3.63, 3.8) is 0 Å². The first-order valence-corrected chi connectivity index (χ1v) is 4.15. The standard InChI is InChI=1S/C8H10N6/c1-14-12-5-7(13-14)8(9)6-4-10-2-3-11-6/h2-5,8H,9H2,1H3. The average Bonchev–Trinajstić information content (AvgIpc) is 2.65. The van der Waals surface area contributed by atoms with Gasteiger partial charge in [0.15, 0.2) is 0 Å². The number of aryl methyl sites for hydroxylation is 1. The summed E-state index contributed by atoms with van der Waals surface area (Å²) >= 11 is 0. The first-order chi connectivity index (χ1) is 6.77. The molecule has 0 spiro atoms. The molecule has 0 radical (unpaired) electrons. The maximum absolute atomic E-state index is 5.91. The molecule has 0 saturated carbocycles. The van der Waals surface area contributed by atoms with Gasteiger partial charge in [0.25, 0.3) is 0 Å². The molecule has 1 unspecified atom stereocenters. The van der Waals surface area contributed by atoms with Crippen LogP contribution in [0.3, 0.4) is 0 Å². The van der Waals surface area contributed by atoms with E-state index in [1.165, 1.54) is 4.80 Å². The molecule has 2 rings (SSSR count). The van der Waals surface area contributed by atoms with Crippen molar-refractivity contribution in [3.05, 3.63) is 36.2 Å². The normalized spacial score (nSPS) is 12.7. The first-order valence-electron chi connectivity index (χ1n) is 4.15. The lowest BCUT2D eigenvalue weighted by atomic mass is 10.2. The number of hydrogen-bond donors (Lipinski definition) is 1. The van der Waals surface area contributed by atoms with Crippen LogP contribution < -0.4 is 5.73 Å². The molecule has 0 aliphatic heterocycles. The van der Waals surface area contributed by atoms with Gasteiger partial charge in [-0.05, 0) is 0 Å². The van der Waals surface area contributed by atoms with E-state index in [4.69, 9.17) is 5.73 Å². The molecule has 1 atom stereocenters. The van der Waals surface area contributed by atoms with E-state index >= 15 is 0 Å². The summed E-state index contributed by atoms with van der Waals surface area (Å²) in [7, 11) is 1.74. The third-order valence-electron chi connectivity index (χ3n) is 1.84. The van der Waals surface area contributed by atoms with Crippen LogP contribution in [-0.2, 0) is 7.05 Å². The van der Waals surface area contributed by atoms with E-state index in [1.807, 2.05) is 0 Å². The van der Waals surface area contributed by atoms with Crippen molar-refractivity contribution in [1.82, 2.24) is 25.0 Å². The number of nitrogens with two attached hydrogens (primary N) is 1. The molecule has 0 fully saturated rings. The number of aromatic nitrogens is 5. The lowest BCUT2D eigenvalue weighted by Gasteiger charge is -2.05. The predicted octanol–water partition coefficient (Wildman–Crippen LogP) is -0.347. The Bertz CT molecular complexity index is 409. The van der Waals surface area contributed by atoms with Crippen molar-refractivity contribution in [1.29, 1.82) is 0 Å². The van der Waals surface area contributed by atoms with Crippen molar-refractivity contribution in [3.8, 4) is 0 Å². The number of rotatable bonds is 2. The molecule has 0 saturated heterocycles. The molecule has 2 N–H and O–H groups in total. The van der Waals surface area contributed by atoms with Crippen LogP contribution in [0.15, 0.2) is 24.8 Å². The maximum Gasteiger partial charge on any atom is 0.106 e. The molecular formula is C8H10N6. The van der Waals surface area contributed by atoms with E-state index in [2.05, 4.69) is 20.2 Å². The van der Waals surface area contributed by atoms with Gasteiger partial charge in [-0.2, -0.15) is 15.0 Å². The van der Waals surface area contributed by atoms with Crippen LogP contribution >= 0.6 is 0 Å². The molecule has 0 aliphatic carbocycles. The predicted molar refractivity (Wildman–Crippen MR) is 49.1 cm³/mol. The van der Waals surface area contributed by atoms with Gasteiger partial charge in [0, 0.05) is 19.4 Å². The molecule has 0 aliphatic rings. The fourth-order valence-corrected chi connectivity index (χ4v) is 1.13. The minimum atomic E-state index is -0.364. The molecule has 2 heterocycles. The van der Waals surface area contributed by atoms with Crippen LogP contribution in [0.1, 0.15) is 17.4 Å². The second kappa shape index (κ2) is 3.51. The van der Waals surface area contributed by atoms with Crippen molar-refractivity contribution in [2.45, 2.75) is 6.04 Å². The van der Waals surface area contributed by atoms with Crippen LogP contribution in [0.4, 0.5) is 0 Å². The zero-order valence-corrected chi connectivity index (χ0v) is 7.70. The van der Waals surface area contributed by atoms with Gasteiger partial charge in [-0.1, -0.05) is 0 Å². The third kappa shape index (κ3) is 1.60. The van der Waals surface area contributed by atoms with E-state index in [0.29, 0.717) is 11.4 Å². The molecule has 2 aromatic heterocycles. The average molecular weight is 190 g/mol. The lowest BCUT2D eigenvalue weighted by Crippen LogP contribution is -2.14. The van der Waals surface area contributed by atoms with E-state index in [1.54, 1.807) is 31.8 Å². The third-order valence-corrected chi connectivity index (χ3v) is 1.84. The fourth-order valence-electron chi connectivity index (χ4n) is 1.13. The van der Waals surface area contributed by atoms with Gasteiger partial charge in [0.1, 0.15) is 5.69 Å². The second-order valence-corrected chi connectivity index (χ2v) is 2.87. The Kier molecular flexibility index (Phi) is 2.19. The van der Waals surface area contributed by atoms with E-state index in [9.17, 15) is 0 Å². The molecule has 0 aromatic carbocycles. The summed E-state index contributed by atoms with van der Waals surface area (Å²) in [5.41, 5.74) is 7.29. The van der Waals surface area contributed by atoms with E-state index < -0.39 is 0 Å². The highest BCUT2D eigenvalue weighted by atomic mass is 15.4. The van der Waals surface area contributed by atoms with Gasteiger partial charge in [0.05, 0.1) is 24.1 Å². The Balaban J connectivity index is 2.29. The Morgan fingerprint density at radius 2 is 2.14 bits per heavy atom. The first kappa shape index (κ1) is 8.76. The van der Waals surface area contributed by atoms with E-state index in [-0.39, 0.29) is 6.04 Å². The zero-order valence-electron chi connectivity index (χ0n) is 7.70. The van der Waals surface area contributed by atoms with Crippen LogP contribution in [0.25, 0.3) is 0 Å². The summed E-state index contributed by atoms with van der Waals surface area (Å²) in [6, 6.07) is -0.364. The quantitative estimate of drug-likeness (QED) is 0.700. The van der Waals surface area contributed by atoms with Crippen LogP contribution in [0.2, 0.25) is 0 Å². The fraction of sp³-hybridized carbons (Fsp3) is 0.250. The molecule has 0 bridgehead atoms. The zero-order chi connectivity index (χ0) is 9.97. The Labute approximate surface area is 80.8 Å².